The molecule has 78 valence electrons. The van der Waals surface area contributed by atoms with Crippen LogP contribution in [0.4, 0.5) is 5.69 Å². The number of carbonyl (C=O) groups is 1. The lowest BCUT2D eigenvalue weighted by Gasteiger charge is -2.06. The minimum Gasteiger partial charge on any atom is -0.447 e. The molecule has 0 aliphatic carbocycles. The second kappa shape index (κ2) is 4.87. The summed E-state index contributed by atoms with van der Waals surface area (Å²) in [7, 11) is 0. The Hall–Kier alpha value is -1.44. The maximum atomic E-state index is 11.4. The number of nitrogens with zero attached hydrogens (tertiary/aromatic N) is 1. The molecule has 0 saturated heterocycles. The maximum Gasteiger partial charge on any atom is 0.341 e. The monoisotopic (exact) mass is 244 g/mol. The lowest BCUT2D eigenvalue weighted by Crippen LogP contribution is -2.08. The Morgan fingerprint density at radius 2 is 2.20 bits per heavy atom. The van der Waals surface area contributed by atoms with E-state index in [0.29, 0.717) is 0 Å². The molecule has 2 N–H and O–H groups in total. The predicted molar refractivity (Wildman–Crippen MR) is 56.8 cm³/mol. The smallest absolute Gasteiger partial charge is 0.341 e. The Labute approximate surface area is 96.1 Å². The van der Waals surface area contributed by atoms with Gasteiger partial charge in [-0.05, 0) is 12.1 Å². The van der Waals surface area contributed by atoms with Crippen LogP contribution in [0.2, 0.25) is 10.0 Å². The minimum absolute atomic E-state index is 0.0581. The normalized spacial score (nSPS) is 9.40. The van der Waals surface area contributed by atoms with Crippen molar-refractivity contribution in [2.75, 3.05) is 12.3 Å². The second-order valence-corrected chi connectivity index (χ2v) is 3.43. The summed E-state index contributed by atoms with van der Waals surface area (Å²) in [6.07, 6.45) is 0. The second-order valence-electron chi connectivity index (χ2n) is 2.58. The number of hydrogen-bond donors (Lipinski definition) is 1. The molecule has 0 amide bonds. The molecule has 1 aromatic carbocycles. The Bertz CT molecular complexity index is 440. The van der Waals surface area contributed by atoms with Gasteiger partial charge in [0.2, 0.25) is 0 Å². The van der Waals surface area contributed by atoms with Gasteiger partial charge in [0.05, 0.1) is 16.3 Å². The number of benzene rings is 1. The highest BCUT2D eigenvalue weighted by atomic mass is 35.5. The molecule has 0 unspecified atom stereocenters. The van der Waals surface area contributed by atoms with Gasteiger partial charge in [-0.1, -0.05) is 23.2 Å². The molecule has 0 aliphatic rings. The molecule has 0 fully saturated rings. The molecule has 4 nitrogen and oxygen atoms in total. The molecule has 0 aromatic heterocycles. The highest BCUT2D eigenvalue weighted by Gasteiger charge is 2.14. The molecular formula is C9H6Cl2N2O2. The van der Waals surface area contributed by atoms with Gasteiger partial charge in [-0.15, -0.1) is 0 Å². The number of carbonyl (C=O) groups excluding carboxylic acids is 1. The van der Waals surface area contributed by atoms with Gasteiger partial charge in [0.1, 0.15) is 6.07 Å². The Kier molecular flexibility index (Phi) is 3.78. The van der Waals surface area contributed by atoms with Gasteiger partial charge >= 0.3 is 5.97 Å². The Morgan fingerprint density at radius 1 is 1.53 bits per heavy atom. The van der Waals surface area contributed by atoms with Crippen molar-refractivity contribution in [1.29, 1.82) is 5.26 Å². The lowest BCUT2D eigenvalue weighted by atomic mass is 10.2. The van der Waals surface area contributed by atoms with Crippen LogP contribution in [0, 0.1) is 11.3 Å². The van der Waals surface area contributed by atoms with E-state index >= 15 is 0 Å². The van der Waals surface area contributed by atoms with Crippen molar-refractivity contribution in [3.05, 3.63) is 27.7 Å². The van der Waals surface area contributed by atoms with E-state index in [-0.39, 0.29) is 27.9 Å². The molecule has 0 radical (unpaired) electrons. The molecule has 0 aliphatic heterocycles. The van der Waals surface area contributed by atoms with Crippen molar-refractivity contribution in [3.8, 4) is 6.07 Å². The molecule has 0 atom stereocenters. The third kappa shape index (κ3) is 2.75. The number of nitrogen functional groups attached to an aromatic ring is 1. The number of hydrogen-bond acceptors (Lipinski definition) is 4. The van der Waals surface area contributed by atoms with Gasteiger partial charge in [-0.2, -0.15) is 5.26 Å². The average Bonchev–Trinajstić information content (AvgIpc) is 2.19. The molecule has 1 aromatic rings. The Morgan fingerprint density at radius 3 is 2.80 bits per heavy atom. The molecule has 6 heteroatoms. The summed E-state index contributed by atoms with van der Waals surface area (Å²) in [5.41, 5.74) is 5.69. The zero-order valence-corrected chi connectivity index (χ0v) is 8.97. The zero-order chi connectivity index (χ0) is 11.4. The third-order valence-electron chi connectivity index (χ3n) is 1.58. The first-order valence-electron chi connectivity index (χ1n) is 3.85. The van der Waals surface area contributed by atoms with E-state index in [0.717, 1.165) is 0 Å². The van der Waals surface area contributed by atoms with Crippen LogP contribution in [0.3, 0.4) is 0 Å². The summed E-state index contributed by atoms with van der Waals surface area (Å²) < 4.78 is 4.57. The van der Waals surface area contributed by atoms with Crippen molar-refractivity contribution in [1.82, 2.24) is 0 Å². The SMILES string of the molecule is N#CCOC(=O)c1cc(Cl)cc(Cl)c1N. The largest absolute Gasteiger partial charge is 0.447 e. The van der Waals surface area contributed by atoms with E-state index in [9.17, 15) is 4.79 Å². The fourth-order valence-electron chi connectivity index (χ4n) is 0.929. The Balaban J connectivity index is 3.04. The van der Waals surface area contributed by atoms with Crippen LogP contribution < -0.4 is 5.73 Å². The highest BCUT2D eigenvalue weighted by molar-refractivity contribution is 6.37. The van der Waals surface area contributed by atoms with Gasteiger partial charge in [0, 0.05) is 5.02 Å². The summed E-state index contributed by atoms with van der Waals surface area (Å²) in [6.45, 7) is -0.345. The van der Waals surface area contributed by atoms with E-state index in [1.807, 2.05) is 0 Å². The van der Waals surface area contributed by atoms with E-state index in [2.05, 4.69) is 4.74 Å². The molecule has 1 rings (SSSR count). The quantitative estimate of drug-likeness (QED) is 0.640. The number of nitrogens with two attached hydrogens (primary N) is 1. The van der Waals surface area contributed by atoms with E-state index in [1.54, 1.807) is 6.07 Å². The first-order valence-corrected chi connectivity index (χ1v) is 4.60. The summed E-state index contributed by atoms with van der Waals surface area (Å²) in [6, 6.07) is 4.42. The summed E-state index contributed by atoms with van der Waals surface area (Å²) in [5, 5.41) is 8.68. The third-order valence-corrected chi connectivity index (χ3v) is 2.11. The molecule has 0 bridgehead atoms. The van der Waals surface area contributed by atoms with Crippen LogP contribution in [0.5, 0.6) is 0 Å². The molecule has 15 heavy (non-hydrogen) atoms. The van der Waals surface area contributed by atoms with E-state index < -0.39 is 5.97 Å². The fourth-order valence-corrected chi connectivity index (χ4v) is 1.42. The minimum atomic E-state index is -0.724. The van der Waals surface area contributed by atoms with Crippen molar-refractivity contribution in [2.24, 2.45) is 0 Å². The van der Waals surface area contributed by atoms with Crippen molar-refractivity contribution in [3.63, 3.8) is 0 Å². The van der Waals surface area contributed by atoms with Crippen LogP contribution in [0.25, 0.3) is 0 Å². The maximum absolute atomic E-state index is 11.4. The lowest BCUT2D eigenvalue weighted by molar-refractivity contribution is 0.0556. The fraction of sp³-hybridized carbons (Fsp3) is 0.111. The van der Waals surface area contributed by atoms with Crippen LogP contribution >= 0.6 is 23.2 Å². The predicted octanol–water partition coefficient (Wildman–Crippen LogP) is 2.26. The number of halogens is 2. The van der Waals surface area contributed by atoms with Crippen molar-refractivity contribution in [2.45, 2.75) is 0 Å². The summed E-state index contributed by atoms with van der Waals surface area (Å²) in [4.78, 5) is 11.4. The molecule has 0 spiro atoms. The van der Waals surface area contributed by atoms with Crippen LogP contribution in [0.1, 0.15) is 10.4 Å². The van der Waals surface area contributed by atoms with Crippen LogP contribution in [-0.4, -0.2) is 12.6 Å². The zero-order valence-electron chi connectivity index (χ0n) is 7.46. The standard InChI is InChI=1S/C9H6Cl2N2O2/c10-5-3-6(8(13)7(11)4-5)9(14)15-2-1-12/h3-4H,2,13H2. The van der Waals surface area contributed by atoms with Gasteiger partial charge in [0.15, 0.2) is 6.61 Å². The topological polar surface area (TPSA) is 76.1 Å². The van der Waals surface area contributed by atoms with Gasteiger partial charge in [-0.3, -0.25) is 0 Å². The summed E-state index contributed by atoms with van der Waals surface area (Å²) >= 11 is 11.4. The van der Waals surface area contributed by atoms with Crippen molar-refractivity contribution < 1.29 is 9.53 Å². The molecule has 0 heterocycles. The van der Waals surface area contributed by atoms with Crippen LogP contribution in [-0.2, 0) is 4.74 Å². The first-order chi connectivity index (χ1) is 7.06. The number of nitriles is 1. The molecule has 0 saturated carbocycles. The van der Waals surface area contributed by atoms with Gasteiger partial charge in [-0.25, -0.2) is 4.79 Å². The van der Waals surface area contributed by atoms with Gasteiger partial charge < -0.3 is 10.5 Å². The summed E-state index contributed by atoms with van der Waals surface area (Å²) in [5.74, 6) is -0.724. The highest BCUT2D eigenvalue weighted by Crippen LogP contribution is 2.27. The number of rotatable bonds is 2. The van der Waals surface area contributed by atoms with Gasteiger partial charge in [0.25, 0.3) is 0 Å². The number of esters is 1. The average molecular weight is 245 g/mol. The molecular weight excluding hydrogens is 239 g/mol. The first kappa shape index (κ1) is 11.6. The van der Waals surface area contributed by atoms with Crippen LogP contribution in [0.15, 0.2) is 12.1 Å². The van der Waals surface area contributed by atoms with E-state index in [1.165, 1.54) is 12.1 Å². The number of ether oxygens (including phenoxy) is 1. The van der Waals surface area contributed by atoms with Crippen molar-refractivity contribution >= 4 is 34.9 Å². The van der Waals surface area contributed by atoms with E-state index in [4.69, 9.17) is 34.2 Å². The number of anilines is 1.